The lowest BCUT2D eigenvalue weighted by Gasteiger charge is -2.03. The average Bonchev–Trinajstić information content (AvgIpc) is 3.06. The number of aliphatic carboxylic acids is 1. The van der Waals surface area contributed by atoms with Crippen molar-refractivity contribution in [3.8, 4) is 0 Å². The van der Waals surface area contributed by atoms with Gasteiger partial charge in [0.2, 0.25) is 0 Å². The number of carbonyl (C=O) groups is 1. The van der Waals surface area contributed by atoms with Gasteiger partial charge in [0.1, 0.15) is 0 Å². The van der Waals surface area contributed by atoms with Crippen LogP contribution in [-0.4, -0.2) is 16.1 Å². The van der Waals surface area contributed by atoms with Crippen LogP contribution in [0.2, 0.25) is 5.02 Å². The maximum absolute atomic E-state index is 10.9. The number of carboxylic acids is 1. The molecule has 0 radical (unpaired) electrons. The van der Waals surface area contributed by atoms with Gasteiger partial charge in [0.15, 0.2) is 0 Å². The average molecular weight is 262 g/mol. The molecule has 1 saturated carbocycles. The van der Waals surface area contributed by atoms with Crippen molar-refractivity contribution in [3.05, 3.63) is 41.1 Å². The Morgan fingerprint density at radius 3 is 2.89 bits per heavy atom. The molecule has 92 valence electrons. The number of aromatic nitrogens is 1. The number of fused-ring (bicyclic) bond motifs is 1. The van der Waals surface area contributed by atoms with Crippen molar-refractivity contribution in [2.24, 2.45) is 5.92 Å². The zero-order valence-corrected chi connectivity index (χ0v) is 10.4. The number of aromatic amines is 1. The van der Waals surface area contributed by atoms with Crippen LogP contribution in [0.4, 0.5) is 0 Å². The minimum Gasteiger partial charge on any atom is -0.478 e. The fourth-order valence-corrected chi connectivity index (χ4v) is 2.53. The predicted molar refractivity (Wildman–Crippen MR) is 71.6 cm³/mol. The van der Waals surface area contributed by atoms with Gasteiger partial charge in [-0.05, 0) is 30.4 Å². The number of halogens is 1. The molecule has 1 fully saturated rings. The fourth-order valence-electron chi connectivity index (χ4n) is 2.30. The van der Waals surface area contributed by atoms with Gasteiger partial charge in [-0.1, -0.05) is 23.7 Å². The summed E-state index contributed by atoms with van der Waals surface area (Å²) in [6.07, 6.45) is 5.30. The summed E-state index contributed by atoms with van der Waals surface area (Å²) in [5.41, 5.74) is 2.72. The summed E-state index contributed by atoms with van der Waals surface area (Å²) in [7, 11) is 0. The first-order chi connectivity index (χ1) is 8.66. The second-order valence-corrected chi connectivity index (χ2v) is 4.98. The Hall–Kier alpha value is -1.74. The van der Waals surface area contributed by atoms with Crippen molar-refractivity contribution in [1.29, 1.82) is 0 Å². The van der Waals surface area contributed by atoms with E-state index >= 15 is 0 Å². The summed E-state index contributed by atoms with van der Waals surface area (Å²) in [6.45, 7) is 0. The van der Waals surface area contributed by atoms with E-state index in [-0.39, 0.29) is 0 Å². The highest BCUT2D eigenvalue weighted by Gasteiger charge is 2.29. The molecule has 1 aliphatic rings. The Morgan fingerprint density at radius 1 is 1.44 bits per heavy atom. The Balaban J connectivity index is 2.18. The summed E-state index contributed by atoms with van der Waals surface area (Å²) >= 11 is 6.11. The predicted octanol–water partition coefficient (Wildman–Crippen LogP) is 3.70. The molecule has 0 unspecified atom stereocenters. The summed E-state index contributed by atoms with van der Waals surface area (Å²) in [5.74, 6) is -0.521. The third kappa shape index (κ3) is 1.91. The van der Waals surface area contributed by atoms with E-state index in [9.17, 15) is 4.79 Å². The molecule has 1 aromatic heterocycles. The van der Waals surface area contributed by atoms with Crippen molar-refractivity contribution in [3.63, 3.8) is 0 Å². The van der Waals surface area contributed by atoms with E-state index < -0.39 is 5.97 Å². The minimum atomic E-state index is -0.895. The van der Waals surface area contributed by atoms with E-state index in [0.717, 1.165) is 34.9 Å². The molecule has 1 aliphatic carbocycles. The molecule has 1 aromatic carbocycles. The molecule has 3 nitrogen and oxygen atoms in total. The van der Waals surface area contributed by atoms with Gasteiger partial charge in [-0.15, -0.1) is 0 Å². The molecule has 0 amide bonds. The van der Waals surface area contributed by atoms with Crippen molar-refractivity contribution in [2.75, 3.05) is 0 Å². The highest BCUT2D eigenvalue weighted by Crippen LogP contribution is 2.44. The molecule has 0 aliphatic heterocycles. The summed E-state index contributed by atoms with van der Waals surface area (Å²) < 4.78 is 0. The van der Waals surface area contributed by atoms with E-state index in [4.69, 9.17) is 16.7 Å². The van der Waals surface area contributed by atoms with Gasteiger partial charge in [0, 0.05) is 23.2 Å². The second-order valence-electron chi connectivity index (χ2n) is 4.58. The number of para-hydroxylation sites is 1. The zero-order chi connectivity index (χ0) is 12.7. The SMILES string of the molecule is O=C(O)/C=C(/c1c[nH]c2c(Cl)cccc12)C1CC1. The van der Waals surface area contributed by atoms with Crippen LogP contribution < -0.4 is 0 Å². The third-order valence-corrected chi connectivity index (χ3v) is 3.59. The van der Waals surface area contributed by atoms with Gasteiger partial charge in [0.25, 0.3) is 0 Å². The fraction of sp³-hybridized carbons (Fsp3) is 0.214. The van der Waals surface area contributed by atoms with E-state index in [1.54, 1.807) is 0 Å². The molecule has 0 saturated heterocycles. The summed E-state index contributed by atoms with van der Waals surface area (Å²) in [4.78, 5) is 14.1. The maximum Gasteiger partial charge on any atom is 0.328 e. The molecular weight excluding hydrogens is 250 g/mol. The number of allylic oxidation sites excluding steroid dienone is 1. The Kier molecular flexibility index (Phi) is 2.63. The van der Waals surface area contributed by atoms with E-state index in [0.29, 0.717) is 10.9 Å². The van der Waals surface area contributed by atoms with E-state index in [1.807, 2.05) is 24.4 Å². The Morgan fingerprint density at radius 2 is 2.22 bits per heavy atom. The van der Waals surface area contributed by atoms with Crippen LogP contribution in [0, 0.1) is 5.92 Å². The van der Waals surface area contributed by atoms with Gasteiger partial charge >= 0.3 is 5.97 Å². The number of nitrogens with one attached hydrogen (secondary N) is 1. The molecule has 0 spiro atoms. The quantitative estimate of drug-likeness (QED) is 0.828. The topological polar surface area (TPSA) is 53.1 Å². The maximum atomic E-state index is 10.9. The third-order valence-electron chi connectivity index (χ3n) is 3.27. The number of rotatable bonds is 3. The van der Waals surface area contributed by atoms with Crippen LogP contribution in [0.5, 0.6) is 0 Å². The first-order valence-corrected chi connectivity index (χ1v) is 6.25. The van der Waals surface area contributed by atoms with Crippen LogP contribution in [0.25, 0.3) is 16.5 Å². The molecule has 1 heterocycles. The smallest absolute Gasteiger partial charge is 0.328 e. The zero-order valence-electron chi connectivity index (χ0n) is 9.61. The number of H-pyrrole nitrogens is 1. The largest absolute Gasteiger partial charge is 0.478 e. The van der Waals surface area contributed by atoms with E-state index in [1.165, 1.54) is 6.08 Å². The van der Waals surface area contributed by atoms with Crippen molar-refractivity contribution >= 4 is 34.0 Å². The lowest BCUT2D eigenvalue weighted by Crippen LogP contribution is -1.93. The van der Waals surface area contributed by atoms with Crippen molar-refractivity contribution in [2.45, 2.75) is 12.8 Å². The highest BCUT2D eigenvalue weighted by atomic mass is 35.5. The van der Waals surface area contributed by atoms with Crippen LogP contribution >= 0.6 is 11.6 Å². The highest BCUT2D eigenvalue weighted by molar-refractivity contribution is 6.35. The first kappa shape index (κ1) is 11.4. The van der Waals surface area contributed by atoms with Crippen molar-refractivity contribution in [1.82, 2.24) is 4.98 Å². The Bertz CT molecular complexity index is 653. The van der Waals surface area contributed by atoms with Crippen LogP contribution in [-0.2, 0) is 4.79 Å². The Labute approximate surface area is 109 Å². The molecule has 18 heavy (non-hydrogen) atoms. The molecular formula is C14H12ClNO2. The lowest BCUT2D eigenvalue weighted by molar-refractivity contribution is -0.131. The lowest BCUT2D eigenvalue weighted by atomic mass is 10.0. The molecule has 4 heteroatoms. The summed E-state index contributed by atoms with van der Waals surface area (Å²) in [5, 5.41) is 10.6. The van der Waals surface area contributed by atoms with Crippen molar-refractivity contribution < 1.29 is 9.90 Å². The monoisotopic (exact) mass is 261 g/mol. The minimum absolute atomic E-state index is 0.374. The normalized spacial score (nSPS) is 16.2. The first-order valence-electron chi connectivity index (χ1n) is 5.87. The number of benzene rings is 1. The summed E-state index contributed by atoms with van der Waals surface area (Å²) in [6, 6.07) is 5.67. The van der Waals surface area contributed by atoms with E-state index in [2.05, 4.69) is 4.98 Å². The van der Waals surface area contributed by atoms with Gasteiger partial charge in [-0.25, -0.2) is 4.79 Å². The number of hydrogen-bond donors (Lipinski definition) is 2. The standard InChI is InChI=1S/C14H12ClNO2/c15-12-3-1-2-9-11(7-16-14(9)12)10(6-13(17)18)8-4-5-8/h1-3,6-8,16H,4-5H2,(H,17,18)/b10-6+. The van der Waals surface area contributed by atoms with Crippen LogP contribution in [0.3, 0.4) is 0 Å². The van der Waals surface area contributed by atoms with Gasteiger partial charge in [-0.2, -0.15) is 0 Å². The van der Waals surface area contributed by atoms with Crippen LogP contribution in [0.15, 0.2) is 30.5 Å². The molecule has 3 rings (SSSR count). The number of carboxylic acid groups (broad SMARTS) is 1. The molecule has 2 aromatic rings. The van der Waals surface area contributed by atoms with Gasteiger partial charge < -0.3 is 10.1 Å². The van der Waals surface area contributed by atoms with Gasteiger partial charge in [0.05, 0.1) is 10.5 Å². The number of hydrogen-bond acceptors (Lipinski definition) is 1. The van der Waals surface area contributed by atoms with Gasteiger partial charge in [-0.3, -0.25) is 0 Å². The van der Waals surface area contributed by atoms with Crippen LogP contribution in [0.1, 0.15) is 18.4 Å². The second kappa shape index (κ2) is 4.18. The molecule has 2 N–H and O–H groups in total. The molecule has 0 bridgehead atoms. The molecule has 0 atom stereocenters.